The number of hydrogen-bond donors (Lipinski definition) is 1. The maximum atomic E-state index is 12.5. The van der Waals surface area contributed by atoms with E-state index in [0.29, 0.717) is 17.9 Å². The third-order valence-electron chi connectivity index (χ3n) is 3.42. The summed E-state index contributed by atoms with van der Waals surface area (Å²) in [6.45, 7) is 4.35. The fourth-order valence-corrected chi connectivity index (χ4v) is 2.25. The first-order chi connectivity index (χ1) is 10.4. The lowest BCUT2D eigenvalue weighted by molar-refractivity contribution is 0.0695. The Labute approximate surface area is 129 Å². The van der Waals surface area contributed by atoms with Crippen LogP contribution in [0.5, 0.6) is 0 Å². The molecule has 0 spiro atoms. The monoisotopic (exact) mass is 301 g/mol. The van der Waals surface area contributed by atoms with Gasteiger partial charge in [-0.15, -0.1) is 0 Å². The minimum absolute atomic E-state index is 0.111. The molecule has 22 heavy (non-hydrogen) atoms. The molecule has 0 aliphatic heterocycles. The number of amides is 1. The first-order valence-corrected chi connectivity index (χ1v) is 7.05. The van der Waals surface area contributed by atoms with Crippen LogP contribution in [0.25, 0.3) is 0 Å². The average Bonchev–Trinajstić information content (AvgIpc) is 2.96. The van der Waals surface area contributed by atoms with Gasteiger partial charge in [0.1, 0.15) is 5.76 Å². The van der Waals surface area contributed by atoms with Gasteiger partial charge in [-0.05, 0) is 23.8 Å². The zero-order valence-electron chi connectivity index (χ0n) is 12.9. The van der Waals surface area contributed by atoms with E-state index in [9.17, 15) is 9.59 Å². The summed E-state index contributed by atoms with van der Waals surface area (Å²) in [5.41, 5.74) is 1.67. The fraction of sp³-hybridized carbons (Fsp3) is 0.294. The Morgan fingerprint density at radius 2 is 1.82 bits per heavy atom. The van der Waals surface area contributed by atoms with Crippen molar-refractivity contribution in [1.29, 1.82) is 0 Å². The Balaban J connectivity index is 2.11. The second kappa shape index (κ2) is 6.47. The number of rotatable bonds is 5. The number of carboxylic acids is 1. The van der Waals surface area contributed by atoms with Gasteiger partial charge in [0, 0.05) is 19.5 Å². The topological polar surface area (TPSA) is 70.8 Å². The number of benzene rings is 1. The normalized spacial score (nSPS) is 10.7. The molecule has 2 rings (SSSR count). The van der Waals surface area contributed by atoms with Crippen LogP contribution in [0.4, 0.5) is 0 Å². The van der Waals surface area contributed by atoms with E-state index >= 15 is 0 Å². The van der Waals surface area contributed by atoms with E-state index in [-0.39, 0.29) is 17.4 Å². The Hall–Kier alpha value is -2.56. The molecule has 0 fully saturated rings. The van der Waals surface area contributed by atoms with E-state index in [0.717, 1.165) is 5.56 Å². The van der Waals surface area contributed by atoms with Gasteiger partial charge < -0.3 is 14.4 Å². The summed E-state index contributed by atoms with van der Waals surface area (Å²) in [5, 5.41) is 8.88. The molecular weight excluding hydrogens is 282 g/mol. The number of nitrogens with zero attached hydrogens (tertiary/aromatic N) is 1. The van der Waals surface area contributed by atoms with Crippen molar-refractivity contribution in [1.82, 2.24) is 4.90 Å². The summed E-state index contributed by atoms with van der Waals surface area (Å²) in [4.78, 5) is 24.9. The molecule has 0 bridgehead atoms. The van der Waals surface area contributed by atoms with E-state index in [4.69, 9.17) is 9.52 Å². The fourth-order valence-electron chi connectivity index (χ4n) is 2.25. The van der Waals surface area contributed by atoms with Gasteiger partial charge in [-0.3, -0.25) is 4.79 Å². The molecule has 2 aromatic rings. The predicted molar refractivity (Wildman–Crippen MR) is 82.0 cm³/mol. The molecule has 0 atom stereocenters. The lowest BCUT2D eigenvalue weighted by Gasteiger charge is -2.18. The van der Waals surface area contributed by atoms with Gasteiger partial charge in [-0.2, -0.15) is 0 Å². The second-order valence-corrected chi connectivity index (χ2v) is 5.52. The zero-order valence-corrected chi connectivity index (χ0v) is 12.9. The maximum Gasteiger partial charge on any atom is 0.335 e. The van der Waals surface area contributed by atoms with E-state index in [1.165, 1.54) is 18.4 Å². The second-order valence-electron chi connectivity index (χ2n) is 5.52. The first kappa shape index (κ1) is 15.8. The van der Waals surface area contributed by atoms with Gasteiger partial charge >= 0.3 is 5.97 Å². The highest BCUT2D eigenvalue weighted by Gasteiger charge is 2.20. The average molecular weight is 301 g/mol. The number of furan rings is 1. The summed E-state index contributed by atoms with van der Waals surface area (Å²) >= 11 is 0. The Morgan fingerprint density at radius 1 is 1.18 bits per heavy atom. The number of carboxylic acid groups (broad SMARTS) is 1. The van der Waals surface area contributed by atoms with Crippen molar-refractivity contribution in [2.75, 3.05) is 7.05 Å². The van der Waals surface area contributed by atoms with Gasteiger partial charge in [0.25, 0.3) is 5.91 Å². The number of carbonyl (C=O) groups is 2. The van der Waals surface area contributed by atoms with Crippen LogP contribution in [-0.2, 0) is 6.54 Å². The number of carbonyl (C=O) groups excluding carboxylic acids is 1. The molecule has 1 amide bonds. The van der Waals surface area contributed by atoms with Crippen molar-refractivity contribution >= 4 is 11.9 Å². The van der Waals surface area contributed by atoms with Crippen molar-refractivity contribution in [2.45, 2.75) is 26.3 Å². The van der Waals surface area contributed by atoms with Gasteiger partial charge in [0.15, 0.2) is 0 Å². The largest absolute Gasteiger partial charge is 0.478 e. The van der Waals surface area contributed by atoms with Crippen molar-refractivity contribution in [3.05, 3.63) is 59.0 Å². The van der Waals surface area contributed by atoms with Crippen LogP contribution >= 0.6 is 0 Å². The molecule has 1 heterocycles. The SMILES string of the molecule is CC(C)c1occc1C(=O)N(C)Cc1ccc(C(=O)O)cc1. The molecule has 116 valence electrons. The van der Waals surface area contributed by atoms with Crippen molar-refractivity contribution in [3.8, 4) is 0 Å². The number of aromatic carboxylic acids is 1. The lowest BCUT2D eigenvalue weighted by atomic mass is 10.1. The summed E-state index contributed by atoms with van der Waals surface area (Å²) in [7, 11) is 1.71. The third-order valence-corrected chi connectivity index (χ3v) is 3.42. The summed E-state index contributed by atoms with van der Waals surface area (Å²) in [5.74, 6) is -0.258. The molecule has 5 nitrogen and oxygen atoms in total. The van der Waals surface area contributed by atoms with Crippen molar-refractivity contribution < 1.29 is 19.1 Å². The van der Waals surface area contributed by atoms with Crippen molar-refractivity contribution in [3.63, 3.8) is 0 Å². The van der Waals surface area contributed by atoms with E-state index in [1.807, 2.05) is 13.8 Å². The zero-order chi connectivity index (χ0) is 16.3. The van der Waals surface area contributed by atoms with Gasteiger partial charge in [-0.1, -0.05) is 26.0 Å². The minimum Gasteiger partial charge on any atom is -0.478 e. The highest BCUT2D eigenvalue weighted by Crippen LogP contribution is 2.22. The Bertz CT molecular complexity index is 670. The van der Waals surface area contributed by atoms with Gasteiger partial charge in [0.2, 0.25) is 0 Å². The highest BCUT2D eigenvalue weighted by atomic mass is 16.4. The molecule has 0 saturated carbocycles. The maximum absolute atomic E-state index is 12.5. The first-order valence-electron chi connectivity index (χ1n) is 7.05. The molecule has 1 N–H and O–H groups in total. The van der Waals surface area contributed by atoms with E-state index in [1.54, 1.807) is 30.1 Å². The molecule has 0 aliphatic carbocycles. The molecule has 1 aromatic carbocycles. The van der Waals surface area contributed by atoms with Gasteiger partial charge in [0.05, 0.1) is 17.4 Å². The van der Waals surface area contributed by atoms with E-state index < -0.39 is 5.97 Å². The van der Waals surface area contributed by atoms with E-state index in [2.05, 4.69) is 0 Å². The summed E-state index contributed by atoms with van der Waals surface area (Å²) < 4.78 is 5.38. The van der Waals surface area contributed by atoms with Crippen LogP contribution in [0.3, 0.4) is 0 Å². The minimum atomic E-state index is -0.962. The molecule has 0 unspecified atom stereocenters. The van der Waals surface area contributed by atoms with Crippen LogP contribution in [0, 0.1) is 0 Å². The Morgan fingerprint density at radius 3 is 2.36 bits per heavy atom. The molecule has 0 saturated heterocycles. The van der Waals surface area contributed by atoms with Crippen molar-refractivity contribution in [2.24, 2.45) is 0 Å². The van der Waals surface area contributed by atoms with Crippen LogP contribution in [0.2, 0.25) is 0 Å². The van der Waals surface area contributed by atoms with Crippen LogP contribution in [0.1, 0.15) is 51.8 Å². The summed E-state index contributed by atoms with van der Waals surface area (Å²) in [6, 6.07) is 8.18. The molecule has 0 aliphatic rings. The molecule has 0 radical (unpaired) electrons. The smallest absolute Gasteiger partial charge is 0.335 e. The standard InChI is InChI=1S/C17H19NO4/c1-11(2)15-14(8-9-22-15)16(19)18(3)10-12-4-6-13(7-5-12)17(20)21/h4-9,11H,10H2,1-3H3,(H,20,21). The predicted octanol–water partition coefficient (Wildman–Crippen LogP) is 3.37. The van der Waals surface area contributed by atoms with Gasteiger partial charge in [-0.25, -0.2) is 4.79 Å². The van der Waals surface area contributed by atoms with Crippen LogP contribution in [-0.4, -0.2) is 28.9 Å². The highest BCUT2D eigenvalue weighted by molar-refractivity contribution is 5.95. The lowest BCUT2D eigenvalue weighted by Crippen LogP contribution is -2.26. The quantitative estimate of drug-likeness (QED) is 0.919. The number of hydrogen-bond acceptors (Lipinski definition) is 3. The molecular formula is C17H19NO4. The van der Waals surface area contributed by atoms with Crippen LogP contribution in [0.15, 0.2) is 41.0 Å². The third kappa shape index (κ3) is 3.36. The molecule has 5 heteroatoms. The summed E-state index contributed by atoms with van der Waals surface area (Å²) in [6.07, 6.45) is 1.53. The Kier molecular flexibility index (Phi) is 4.65. The molecule has 1 aromatic heterocycles. The van der Waals surface area contributed by atoms with Crippen LogP contribution < -0.4 is 0 Å².